The molecule has 2 aliphatic heterocycles. The normalized spacial score (nSPS) is 28.1. The van der Waals surface area contributed by atoms with Gasteiger partial charge >= 0.3 is 0 Å². The average molecular weight is 369 g/mol. The summed E-state index contributed by atoms with van der Waals surface area (Å²) in [6, 6.07) is 0.275. The van der Waals surface area contributed by atoms with Gasteiger partial charge in [-0.05, 0) is 26.2 Å². The molecule has 1 saturated carbocycles. The van der Waals surface area contributed by atoms with Gasteiger partial charge in [-0.15, -0.1) is 0 Å². The highest BCUT2D eigenvalue weighted by molar-refractivity contribution is 8.00. The van der Waals surface area contributed by atoms with Gasteiger partial charge in [0.05, 0.1) is 5.75 Å². The highest BCUT2D eigenvalue weighted by Crippen LogP contribution is 2.35. The van der Waals surface area contributed by atoms with E-state index in [2.05, 4.69) is 29.4 Å². The van der Waals surface area contributed by atoms with E-state index in [4.69, 9.17) is 0 Å². The molecule has 0 aromatic rings. The maximum Gasteiger partial charge on any atom is 0.279 e. The van der Waals surface area contributed by atoms with Gasteiger partial charge in [0.25, 0.3) is 5.91 Å². The quantitative estimate of drug-likeness (QED) is 0.790. The minimum Gasteiger partial charge on any atom is -0.348 e. The molecule has 3 N–H and O–H groups in total. The van der Waals surface area contributed by atoms with E-state index in [9.17, 15) is 9.59 Å². The van der Waals surface area contributed by atoms with Crippen LogP contribution in [-0.4, -0.2) is 52.5 Å². The van der Waals surface area contributed by atoms with Crippen molar-refractivity contribution in [2.24, 2.45) is 5.92 Å². The van der Waals surface area contributed by atoms with Crippen LogP contribution < -0.4 is 10.6 Å². The van der Waals surface area contributed by atoms with Crippen LogP contribution in [0.25, 0.3) is 0 Å². The van der Waals surface area contributed by atoms with Gasteiger partial charge in [0.1, 0.15) is 4.87 Å². The Labute approximate surface area is 156 Å². The first-order valence-corrected chi connectivity index (χ1v) is 11.1. The van der Waals surface area contributed by atoms with Gasteiger partial charge in [0.2, 0.25) is 5.91 Å². The van der Waals surface area contributed by atoms with E-state index in [1.165, 1.54) is 19.3 Å². The van der Waals surface area contributed by atoms with E-state index >= 15 is 0 Å². The number of likely N-dealkylation sites (tertiary alicyclic amines) is 1. The third-order valence-electron chi connectivity index (χ3n) is 6.27. The SMILES string of the molecule is CC[C@@H](C)NC(=O)[C@@H]1CSC2(CCN(C(=O)C3CCCCC3)CC2)[NH2+]1. The minimum atomic E-state index is 0.0274. The summed E-state index contributed by atoms with van der Waals surface area (Å²) in [4.78, 5) is 27.3. The average Bonchev–Trinajstić information content (AvgIpc) is 3.06. The van der Waals surface area contributed by atoms with Crippen molar-refractivity contribution < 1.29 is 14.9 Å². The number of hydrogen-bond donors (Lipinski definition) is 2. The van der Waals surface area contributed by atoms with Crippen molar-refractivity contribution in [2.45, 2.75) is 82.2 Å². The number of nitrogens with two attached hydrogens (primary N) is 1. The molecule has 2 heterocycles. The van der Waals surface area contributed by atoms with Crippen molar-refractivity contribution in [1.29, 1.82) is 0 Å². The maximum atomic E-state index is 12.7. The third kappa shape index (κ3) is 4.51. The van der Waals surface area contributed by atoms with Gasteiger partial charge in [-0.2, -0.15) is 0 Å². The summed E-state index contributed by atoms with van der Waals surface area (Å²) in [5, 5.41) is 5.40. The third-order valence-corrected chi connectivity index (χ3v) is 7.91. The van der Waals surface area contributed by atoms with E-state index < -0.39 is 0 Å². The fraction of sp³-hybridized carbons (Fsp3) is 0.895. The number of nitrogens with zero attached hydrogens (tertiary/aromatic N) is 1. The number of quaternary nitrogens is 1. The molecular weight excluding hydrogens is 334 g/mol. The summed E-state index contributed by atoms with van der Waals surface area (Å²) in [7, 11) is 0. The van der Waals surface area contributed by atoms with Crippen molar-refractivity contribution in [3.63, 3.8) is 0 Å². The summed E-state index contributed by atoms with van der Waals surface area (Å²) in [5.74, 6) is 1.74. The molecule has 0 unspecified atom stereocenters. The summed E-state index contributed by atoms with van der Waals surface area (Å²) in [6.07, 6.45) is 8.86. The number of piperidine rings is 1. The van der Waals surface area contributed by atoms with Gasteiger partial charge in [0, 0.05) is 37.9 Å². The largest absolute Gasteiger partial charge is 0.348 e. The molecule has 0 aromatic heterocycles. The molecule has 5 nitrogen and oxygen atoms in total. The van der Waals surface area contributed by atoms with E-state index in [0.717, 1.165) is 50.9 Å². The van der Waals surface area contributed by atoms with Crippen molar-refractivity contribution in [1.82, 2.24) is 10.2 Å². The first kappa shape index (κ1) is 19.0. The van der Waals surface area contributed by atoms with Gasteiger partial charge in [0.15, 0.2) is 6.04 Å². The molecule has 2 amide bonds. The fourth-order valence-corrected chi connectivity index (χ4v) is 5.84. The van der Waals surface area contributed by atoms with Crippen LogP contribution in [0.5, 0.6) is 0 Å². The Morgan fingerprint density at radius 1 is 1.24 bits per heavy atom. The number of hydrogen-bond acceptors (Lipinski definition) is 3. The Hall–Kier alpha value is -0.750. The molecule has 2 atom stereocenters. The van der Waals surface area contributed by atoms with E-state index in [1.807, 2.05) is 11.8 Å². The molecule has 1 aliphatic carbocycles. The van der Waals surface area contributed by atoms with Crippen LogP contribution >= 0.6 is 11.8 Å². The Kier molecular flexibility index (Phi) is 6.31. The molecule has 1 spiro atoms. The molecule has 2 saturated heterocycles. The van der Waals surface area contributed by atoms with Crippen LogP contribution in [0, 0.1) is 5.92 Å². The summed E-state index contributed by atoms with van der Waals surface area (Å²) in [6.45, 7) is 5.88. The Morgan fingerprint density at radius 3 is 2.56 bits per heavy atom. The van der Waals surface area contributed by atoms with E-state index in [1.54, 1.807) is 0 Å². The molecule has 0 aromatic carbocycles. The fourth-order valence-electron chi connectivity index (χ4n) is 4.35. The molecule has 0 radical (unpaired) electrons. The smallest absolute Gasteiger partial charge is 0.279 e. The number of carbonyl (C=O) groups excluding carboxylic acids is 2. The van der Waals surface area contributed by atoms with Crippen molar-refractivity contribution in [3.05, 3.63) is 0 Å². The second-order valence-electron chi connectivity index (χ2n) is 8.13. The maximum absolute atomic E-state index is 12.7. The Balaban J connectivity index is 1.48. The van der Waals surface area contributed by atoms with Crippen LogP contribution in [0.3, 0.4) is 0 Å². The van der Waals surface area contributed by atoms with Crippen molar-refractivity contribution in [2.75, 3.05) is 18.8 Å². The summed E-state index contributed by atoms with van der Waals surface area (Å²) >= 11 is 1.93. The number of rotatable bonds is 4. The predicted octanol–water partition coefficient (Wildman–Crippen LogP) is 1.48. The molecular formula is C19H34N3O2S+. The molecule has 3 aliphatic rings. The topological polar surface area (TPSA) is 66.0 Å². The second kappa shape index (κ2) is 8.30. The lowest BCUT2D eigenvalue weighted by atomic mass is 9.87. The number of carbonyl (C=O) groups is 2. The number of thioether (sulfide) groups is 1. The molecule has 0 bridgehead atoms. The van der Waals surface area contributed by atoms with Gasteiger partial charge in [-0.1, -0.05) is 37.9 Å². The Bertz CT molecular complexity index is 485. The van der Waals surface area contributed by atoms with Crippen molar-refractivity contribution in [3.8, 4) is 0 Å². The zero-order valence-electron chi connectivity index (χ0n) is 15.8. The monoisotopic (exact) mass is 368 g/mol. The first-order chi connectivity index (χ1) is 12.0. The lowest BCUT2D eigenvalue weighted by molar-refractivity contribution is -0.714. The number of amides is 2. The van der Waals surface area contributed by atoms with Crippen LogP contribution in [0.4, 0.5) is 0 Å². The minimum absolute atomic E-state index is 0.0274. The highest BCUT2D eigenvalue weighted by Gasteiger charge is 2.49. The van der Waals surface area contributed by atoms with E-state index in [0.29, 0.717) is 5.91 Å². The van der Waals surface area contributed by atoms with Crippen LogP contribution in [0.15, 0.2) is 0 Å². The van der Waals surface area contributed by atoms with Gasteiger partial charge < -0.3 is 15.5 Å². The zero-order valence-corrected chi connectivity index (χ0v) is 16.6. The number of nitrogens with one attached hydrogen (secondary N) is 1. The molecule has 3 fully saturated rings. The zero-order chi connectivity index (χ0) is 17.9. The van der Waals surface area contributed by atoms with Crippen molar-refractivity contribution >= 4 is 23.6 Å². The Morgan fingerprint density at radius 2 is 1.92 bits per heavy atom. The lowest BCUT2D eigenvalue weighted by Gasteiger charge is -2.38. The highest BCUT2D eigenvalue weighted by atomic mass is 32.2. The van der Waals surface area contributed by atoms with Crippen LogP contribution in [0.2, 0.25) is 0 Å². The molecule has 25 heavy (non-hydrogen) atoms. The van der Waals surface area contributed by atoms with Gasteiger partial charge in [-0.25, -0.2) is 0 Å². The lowest BCUT2D eigenvalue weighted by Crippen LogP contribution is -3.00. The predicted molar refractivity (Wildman–Crippen MR) is 101 cm³/mol. The van der Waals surface area contributed by atoms with Crippen LogP contribution in [-0.2, 0) is 9.59 Å². The standard InChI is InChI=1S/C19H33N3O2S/c1-3-14(2)20-17(23)16-13-25-19(21-16)9-11-22(12-10-19)18(24)15-7-5-4-6-8-15/h14-16,21H,3-13H2,1-2H3,(H,20,23)/p+1/t14-,16+/m1/s1. The second-order valence-corrected chi connectivity index (χ2v) is 9.56. The van der Waals surface area contributed by atoms with Gasteiger partial charge in [-0.3, -0.25) is 9.59 Å². The first-order valence-electron chi connectivity index (χ1n) is 10.1. The van der Waals surface area contributed by atoms with Crippen LogP contribution in [0.1, 0.15) is 65.2 Å². The molecule has 142 valence electrons. The summed E-state index contributed by atoms with van der Waals surface area (Å²) in [5.41, 5.74) is 0. The molecule has 6 heteroatoms. The molecule has 3 rings (SSSR count). The summed E-state index contributed by atoms with van der Waals surface area (Å²) < 4.78 is 0. The van der Waals surface area contributed by atoms with E-state index in [-0.39, 0.29) is 28.8 Å².